The minimum Gasteiger partial charge on any atom is -0.323 e. The molecule has 1 heterocycles. The van der Waals surface area contributed by atoms with E-state index in [9.17, 15) is 0 Å². The van der Waals surface area contributed by atoms with Gasteiger partial charge < -0.3 is 5.73 Å². The molecule has 0 radical (unpaired) electrons. The summed E-state index contributed by atoms with van der Waals surface area (Å²) in [6, 6.07) is 0. The van der Waals surface area contributed by atoms with Gasteiger partial charge in [-0.05, 0) is 12.3 Å². The van der Waals surface area contributed by atoms with Crippen molar-refractivity contribution in [3.63, 3.8) is 0 Å². The predicted octanol–water partition coefficient (Wildman–Crippen LogP) is 1.85. The average molecular weight is 184 g/mol. The van der Waals surface area contributed by atoms with E-state index < -0.39 is 0 Å². The van der Waals surface area contributed by atoms with E-state index in [2.05, 4.69) is 25.7 Å². The molecule has 1 atom stereocenters. The molecule has 2 heteroatoms. The molecule has 1 fully saturated rings. The summed E-state index contributed by atoms with van der Waals surface area (Å²) in [5.41, 5.74) is 6.33. The lowest BCUT2D eigenvalue weighted by Gasteiger charge is -2.48. The second kappa shape index (κ2) is 4.43. The fraction of sp³-hybridized carbons (Fsp3) is 1.00. The van der Waals surface area contributed by atoms with Crippen LogP contribution in [0.1, 0.15) is 40.0 Å². The standard InChI is InChI=1S/C11H24N2/c1-4-6-11(12)8-13(9-11)7-10(3)5-2/h10H,4-9,12H2,1-3H3. The van der Waals surface area contributed by atoms with Crippen LogP contribution in [0.2, 0.25) is 0 Å². The van der Waals surface area contributed by atoms with E-state index in [1.807, 2.05) is 0 Å². The monoisotopic (exact) mass is 184 g/mol. The Morgan fingerprint density at radius 1 is 1.38 bits per heavy atom. The Hall–Kier alpha value is -0.0800. The predicted molar refractivity (Wildman–Crippen MR) is 57.7 cm³/mol. The van der Waals surface area contributed by atoms with E-state index in [4.69, 9.17) is 5.73 Å². The molecule has 1 saturated heterocycles. The summed E-state index contributed by atoms with van der Waals surface area (Å²) in [4.78, 5) is 2.49. The summed E-state index contributed by atoms with van der Waals surface area (Å²) in [6.07, 6.45) is 3.68. The highest BCUT2D eigenvalue weighted by Gasteiger charge is 2.38. The number of hydrogen-bond acceptors (Lipinski definition) is 2. The van der Waals surface area contributed by atoms with Gasteiger partial charge in [-0.15, -0.1) is 0 Å². The van der Waals surface area contributed by atoms with Crippen molar-refractivity contribution in [2.45, 2.75) is 45.6 Å². The van der Waals surface area contributed by atoms with E-state index in [0.29, 0.717) is 0 Å². The van der Waals surface area contributed by atoms with Crippen LogP contribution in [-0.2, 0) is 0 Å². The Morgan fingerprint density at radius 2 is 2.00 bits per heavy atom. The second-order valence-electron chi connectivity index (χ2n) is 4.80. The first kappa shape index (κ1) is 11.0. The van der Waals surface area contributed by atoms with Gasteiger partial charge in [0.05, 0.1) is 0 Å². The SMILES string of the molecule is CCCC1(N)CN(CC(C)CC)C1. The van der Waals surface area contributed by atoms with E-state index in [0.717, 1.165) is 19.0 Å². The Balaban J connectivity index is 2.17. The van der Waals surface area contributed by atoms with Gasteiger partial charge in [0.25, 0.3) is 0 Å². The van der Waals surface area contributed by atoms with Crippen LogP contribution in [0.4, 0.5) is 0 Å². The van der Waals surface area contributed by atoms with Gasteiger partial charge in [0.2, 0.25) is 0 Å². The highest BCUT2D eigenvalue weighted by molar-refractivity contribution is 4.99. The third-order valence-corrected chi connectivity index (χ3v) is 3.09. The molecular weight excluding hydrogens is 160 g/mol. The van der Waals surface area contributed by atoms with Crippen LogP contribution in [-0.4, -0.2) is 30.1 Å². The summed E-state index contributed by atoms with van der Waals surface area (Å²) < 4.78 is 0. The Labute approximate surface area is 82.5 Å². The third-order valence-electron chi connectivity index (χ3n) is 3.09. The molecule has 0 aromatic heterocycles. The minimum atomic E-state index is 0.155. The van der Waals surface area contributed by atoms with Crippen molar-refractivity contribution in [3.8, 4) is 0 Å². The number of rotatable bonds is 5. The molecule has 2 nitrogen and oxygen atoms in total. The summed E-state index contributed by atoms with van der Waals surface area (Å²) in [5.74, 6) is 0.825. The summed E-state index contributed by atoms with van der Waals surface area (Å²) in [5, 5.41) is 0. The largest absolute Gasteiger partial charge is 0.323 e. The Bertz CT molecular complexity index is 150. The van der Waals surface area contributed by atoms with E-state index in [1.54, 1.807) is 0 Å². The van der Waals surface area contributed by atoms with Crippen LogP contribution >= 0.6 is 0 Å². The molecule has 1 unspecified atom stereocenters. The van der Waals surface area contributed by atoms with Gasteiger partial charge in [-0.25, -0.2) is 0 Å². The van der Waals surface area contributed by atoms with E-state index >= 15 is 0 Å². The zero-order valence-corrected chi connectivity index (χ0v) is 9.34. The zero-order chi connectivity index (χ0) is 9.90. The van der Waals surface area contributed by atoms with Crippen molar-refractivity contribution in [2.24, 2.45) is 11.7 Å². The first-order valence-corrected chi connectivity index (χ1v) is 5.61. The highest BCUT2D eigenvalue weighted by Crippen LogP contribution is 2.24. The van der Waals surface area contributed by atoms with Crippen molar-refractivity contribution in [1.29, 1.82) is 0 Å². The Morgan fingerprint density at radius 3 is 2.46 bits per heavy atom. The first-order valence-electron chi connectivity index (χ1n) is 5.61. The molecule has 0 amide bonds. The lowest BCUT2D eigenvalue weighted by molar-refractivity contribution is 0.0507. The van der Waals surface area contributed by atoms with Gasteiger partial charge in [0.15, 0.2) is 0 Å². The number of nitrogens with two attached hydrogens (primary N) is 1. The molecule has 0 aromatic carbocycles. The molecule has 1 aliphatic rings. The molecule has 13 heavy (non-hydrogen) atoms. The molecule has 0 spiro atoms. The van der Waals surface area contributed by atoms with Crippen molar-refractivity contribution < 1.29 is 0 Å². The normalized spacial score (nSPS) is 24.0. The lowest BCUT2D eigenvalue weighted by atomic mass is 9.85. The van der Waals surface area contributed by atoms with Gasteiger partial charge >= 0.3 is 0 Å². The van der Waals surface area contributed by atoms with Crippen LogP contribution in [0.5, 0.6) is 0 Å². The van der Waals surface area contributed by atoms with Crippen molar-refractivity contribution in [1.82, 2.24) is 4.90 Å². The number of likely N-dealkylation sites (tertiary alicyclic amines) is 1. The van der Waals surface area contributed by atoms with Crippen LogP contribution < -0.4 is 5.73 Å². The molecule has 0 aromatic rings. The van der Waals surface area contributed by atoms with Crippen molar-refractivity contribution in [3.05, 3.63) is 0 Å². The number of nitrogens with zero attached hydrogens (tertiary/aromatic N) is 1. The lowest BCUT2D eigenvalue weighted by Crippen LogP contribution is -2.67. The summed E-state index contributed by atoms with van der Waals surface area (Å²) in [7, 11) is 0. The highest BCUT2D eigenvalue weighted by atomic mass is 15.2. The molecule has 1 rings (SSSR count). The van der Waals surface area contributed by atoms with Crippen LogP contribution in [0.3, 0.4) is 0 Å². The van der Waals surface area contributed by atoms with E-state index in [1.165, 1.54) is 25.8 Å². The maximum absolute atomic E-state index is 6.18. The van der Waals surface area contributed by atoms with Crippen LogP contribution in [0.15, 0.2) is 0 Å². The topological polar surface area (TPSA) is 29.3 Å². The fourth-order valence-corrected chi connectivity index (χ4v) is 2.20. The second-order valence-corrected chi connectivity index (χ2v) is 4.80. The maximum atomic E-state index is 6.18. The zero-order valence-electron chi connectivity index (χ0n) is 9.34. The summed E-state index contributed by atoms with van der Waals surface area (Å²) in [6.45, 7) is 10.3. The molecule has 2 N–H and O–H groups in total. The third kappa shape index (κ3) is 2.96. The summed E-state index contributed by atoms with van der Waals surface area (Å²) >= 11 is 0. The van der Waals surface area contributed by atoms with Crippen LogP contribution in [0, 0.1) is 5.92 Å². The molecule has 0 aliphatic carbocycles. The molecule has 0 bridgehead atoms. The fourth-order valence-electron chi connectivity index (χ4n) is 2.20. The number of hydrogen-bond donors (Lipinski definition) is 1. The molecule has 0 saturated carbocycles. The van der Waals surface area contributed by atoms with Crippen molar-refractivity contribution in [2.75, 3.05) is 19.6 Å². The first-order chi connectivity index (χ1) is 6.09. The van der Waals surface area contributed by atoms with Gasteiger partial charge in [0, 0.05) is 25.2 Å². The Kier molecular flexibility index (Phi) is 3.74. The average Bonchev–Trinajstić information content (AvgIpc) is 2.02. The van der Waals surface area contributed by atoms with Gasteiger partial charge in [-0.3, -0.25) is 4.90 Å². The van der Waals surface area contributed by atoms with E-state index in [-0.39, 0.29) is 5.54 Å². The quantitative estimate of drug-likeness (QED) is 0.706. The molecule has 78 valence electrons. The van der Waals surface area contributed by atoms with Gasteiger partial charge in [-0.1, -0.05) is 33.6 Å². The molecule has 1 aliphatic heterocycles. The van der Waals surface area contributed by atoms with Gasteiger partial charge in [-0.2, -0.15) is 0 Å². The smallest absolute Gasteiger partial charge is 0.0412 e. The minimum absolute atomic E-state index is 0.155. The molecular formula is C11H24N2. The maximum Gasteiger partial charge on any atom is 0.0412 e. The van der Waals surface area contributed by atoms with Gasteiger partial charge in [0.1, 0.15) is 0 Å². The van der Waals surface area contributed by atoms with Crippen molar-refractivity contribution >= 4 is 0 Å². The van der Waals surface area contributed by atoms with Crippen LogP contribution in [0.25, 0.3) is 0 Å².